The summed E-state index contributed by atoms with van der Waals surface area (Å²) in [5.41, 5.74) is 1.39. The van der Waals surface area contributed by atoms with Gasteiger partial charge in [0.25, 0.3) is 0 Å². The maximum atomic E-state index is 12.9. The zero-order valence-electron chi connectivity index (χ0n) is 15.0. The first-order chi connectivity index (χ1) is 12.7. The number of benzene rings is 1. The van der Waals surface area contributed by atoms with Crippen LogP contribution >= 0.6 is 0 Å². The SMILES string of the molecule is CN1C2CCCCC1CN(c1ccc(C#Cc3ccc(F)cc3)nn1)C2. The van der Waals surface area contributed by atoms with Gasteiger partial charge in [-0.05, 0) is 62.2 Å². The van der Waals surface area contributed by atoms with Gasteiger partial charge in [0.1, 0.15) is 11.5 Å². The van der Waals surface area contributed by atoms with Crippen molar-refractivity contribution < 1.29 is 4.39 Å². The van der Waals surface area contributed by atoms with Gasteiger partial charge in [-0.25, -0.2) is 4.39 Å². The van der Waals surface area contributed by atoms with Gasteiger partial charge in [0, 0.05) is 30.7 Å². The van der Waals surface area contributed by atoms with Crippen LogP contribution in [0.3, 0.4) is 0 Å². The summed E-state index contributed by atoms with van der Waals surface area (Å²) in [5.74, 6) is 6.66. The first kappa shape index (κ1) is 17.0. The number of likely N-dealkylation sites (N-methyl/N-ethyl adjacent to an activating group) is 1. The standard InChI is InChI=1S/C21H23FN4/c1-25-19-4-2-3-5-20(25)15-26(14-19)21-13-12-18(23-24-21)11-8-16-6-9-17(22)10-7-16/h6-7,9-10,12-13,19-20H,2-5,14-15H2,1H3. The molecule has 26 heavy (non-hydrogen) atoms. The topological polar surface area (TPSA) is 32.3 Å². The van der Waals surface area contributed by atoms with Crippen LogP contribution in [-0.2, 0) is 0 Å². The molecule has 2 atom stereocenters. The summed E-state index contributed by atoms with van der Waals surface area (Å²) in [5, 5.41) is 8.68. The number of piperazine rings is 1. The molecule has 4 rings (SSSR count). The highest BCUT2D eigenvalue weighted by Crippen LogP contribution is 2.28. The smallest absolute Gasteiger partial charge is 0.151 e. The fourth-order valence-corrected chi connectivity index (χ4v) is 3.91. The van der Waals surface area contributed by atoms with E-state index in [1.54, 1.807) is 12.1 Å². The van der Waals surface area contributed by atoms with Crippen LogP contribution in [0.1, 0.15) is 36.9 Å². The lowest BCUT2D eigenvalue weighted by Gasteiger charge is -2.44. The van der Waals surface area contributed by atoms with E-state index in [0.29, 0.717) is 17.8 Å². The molecular formula is C21H23FN4. The Balaban J connectivity index is 1.47. The Labute approximate surface area is 154 Å². The summed E-state index contributed by atoms with van der Waals surface area (Å²) in [7, 11) is 2.26. The largest absolute Gasteiger partial charge is 0.352 e. The fourth-order valence-electron chi connectivity index (χ4n) is 3.91. The molecule has 0 amide bonds. The van der Waals surface area contributed by atoms with Crippen LogP contribution in [0.5, 0.6) is 0 Å². The Morgan fingerprint density at radius 3 is 2.23 bits per heavy atom. The number of nitrogens with zero attached hydrogens (tertiary/aromatic N) is 4. The number of hydrogen-bond donors (Lipinski definition) is 0. The van der Waals surface area contributed by atoms with E-state index < -0.39 is 0 Å². The molecule has 0 radical (unpaired) electrons. The molecule has 2 saturated heterocycles. The van der Waals surface area contributed by atoms with Gasteiger partial charge in [-0.3, -0.25) is 4.90 Å². The van der Waals surface area contributed by atoms with Crippen LogP contribution < -0.4 is 4.90 Å². The Kier molecular flexibility index (Phi) is 4.85. The summed E-state index contributed by atoms with van der Waals surface area (Å²) in [6, 6.07) is 11.3. The predicted molar refractivity (Wildman–Crippen MR) is 100 cm³/mol. The first-order valence-electron chi connectivity index (χ1n) is 9.27. The van der Waals surface area contributed by atoms with Crippen LogP contribution in [0.15, 0.2) is 36.4 Å². The van der Waals surface area contributed by atoms with E-state index in [1.165, 1.54) is 37.8 Å². The minimum Gasteiger partial charge on any atom is -0.352 e. The minimum absolute atomic E-state index is 0.257. The van der Waals surface area contributed by atoms with Crippen LogP contribution in [0.4, 0.5) is 10.2 Å². The molecule has 5 heteroatoms. The average Bonchev–Trinajstić information content (AvgIpc) is 2.77. The van der Waals surface area contributed by atoms with Crippen LogP contribution in [0.2, 0.25) is 0 Å². The van der Waals surface area contributed by atoms with Crippen molar-refractivity contribution in [1.29, 1.82) is 0 Å². The van der Waals surface area contributed by atoms with Crippen molar-refractivity contribution in [2.45, 2.75) is 37.8 Å². The number of halogens is 1. The summed E-state index contributed by atoms with van der Waals surface area (Å²) < 4.78 is 12.9. The molecule has 3 heterocycles. The number of fused-ring (bicyclic) bond motifs is 2. The molecule has 1 aromatic heterocycles. The third-order valence-electron chi connectivity index (χ3n) is 5.49. The van der Waals surface area contributed by atoms with E-state index in [9.17, 15) is 4.39 Å². The van der Waals surface area contributed by atoms with Crippen molar-refractivity contribution in [3.8, 4) is 11.8 Å². The van der Waals surface area contributed by atoms with E-state index >= 15 is 0 Å². The minimum atomic E-state index is -0.257. The van der Waals surface area contributed by atoms with Crippen molar-refractivity contribution in [2.75, 3.05) is 25.0 Å². The molecule has 134 valence electrons. The van der Waals surface area contributed by atoms with Crippen molar-refractivity contribution in [3.05, 3.63) is 53.5 Å². The fraction of sp³-hybridized carbons (Fsp3) is 0.429. The predicted octanol–water partition coefficient (Wildman–Crippen LogP) is 3.08. The van der Waals surface area contributed by atoms with E-state index in [1.807, 2.05) is 12.1 Å². The molecule has 2 bridgehead atoms. The monoisotopic (exact) mass is 350 g/mol. The van der Waals surface area contributed by atoms with Gasteiger partial charge in [-0.2, -0.15) is 0 Å². The van der Waals surface area contributed by atoms with Gasteiger partial charge in [-0.15, -0.1) is 10.2 Å². The molecule has 2 unspecified atom stereocenters. The second kappa shape index (κ2) is 7.43. The average molecular weight is 350 g/mol. The molecule has 0 saturated carbocycles. The Bertz CT molecular complexity index is 791. The van der Waals surface area contributed by atoms with Crippen molar-refractivity contribution in [3.63, 3.8) is 0 Å². The highest BCUT2D eigenvalue weighted by atomic mass is 19.1. The van der Waals surface area contributed by atoms with Gasteiger partial charge in [0.2, 0.25) is 0 Å². The Morgan fingerprint density at radius 1 is 0.923 bits per heavy atom. The number of rotatable bonds is 1. The van der Waals surface area contributed by atoms with Crippen LogP contribution in [0.25, 0.3) is 0 Å². The summed E-state index contributed by atoms with van der Waals surface area (Å²) >= 11 is 0. The third-order valence-corrected chi connectivity index (χ3v) is 5.49. The second-order valence-electron chi connectivity index (χ2n) is 7.20. The van der Waals surface area contributed by atoms with Crippen LogP contribution in [-0.4, -0.2) is 47.3 Å². The quantitative estimate of drug-likeness (QED) is 0.740. The highest BCUT2D eigenvalue weighted by Gasteiger charge is 2.33. The molecular weight excluding hydrogens is 327 g/mol. The summed E-state index contributed by atoms with van der Waals surface area (Å²) in [6.45, 7) is 2.03. The Morgan fingerprint density at radius 2 is 1.62 bits per heavy atom. The molecule has 2 aliphatic rings. The molecule has 2 fully saturated rings. The molecule has 0 aliphatic carbocycles. The van der Waals surface area contributed by atoms with Crippen molar-refractivity contribution in [2.24, 2.45) is 0 Å². The third kappa shape index (κ3) is 3.71. The molecule has 0 N–H and O–H groups in total. The summed E-state index contributed by atoms with van der Waals surface area (Å²) in [4.78, 5) is 4.92. The molecule has 4 nitrogen and oxygen atoms in total. The lowest BCUT2D eigenvalue weighted by molar-refractivity contribution is 0.149. The van der Waals surface area contributed by atoms with Crippen molar-refractivity contribution in [1.82, 2.24) is 15.1 Å². The maximum Gasteiger partial charge on any atom is 0.151 e. The summed E-state index contributed by atoms with van der Waals surface area (Å²) in [6.07, 6.45) is 5.17. The Hall–Kier alpha value is -2.45. The molecule has 1 aromatic carbocycles. The van der Waals surface area contributed by atoms with E-state index in [-0.39, 0.29) is 5.82 Å². The zero-order chi connectivity index (χ0) is 17.9. The van der Waals surface area contributed by atoms with Crippen molar-refractivity contribution >= 4 is 5.82 Å². The van der Waals surface area contributed by atoms with E-state index in [2.05, 4.69) is 38.9 Å². The van der Waals surface area contributed by atoms with Gasteiger partial charge in [-0.1, -0.05) is 18.8 Å². The second-order valence-corrected chi connectivity index (χ2v) is 7.20. The van der Waals surface area contributed by atoms with E-state index in [0.717, 1.165) is 24.5 Å². The van der Waals surface area contributed by atoms with Gasteiger partial charge < -0.3 is 4.90 Å². The lowest BCUT2D eigenvalue weighted by atomic mass is 10.1. The highest BCUT2D eigenvalue weighted by molar-refractivity contribution is 5.44. The van der Waals surface area contributed by atoms with Crippen LogP contribution in [0, 0.1) is 17.7 Å². The molecule has 0 spiro atoms. The number of aromatic nitrogens is 2. The lowest BCUT2D eigenvalue weighted by Crippen LogP contribution is -2.56. The first-order valence-corrected chi connectivity index (χ1v) is 9.27. The zero-order valence-corrected chi connectivity index (χ0v) is 15.0. The number of anilines is 1. The maximum absolute atomic E-state index is 12.9. The van der Waals surface area contributed by atoms with Gasteiger partial charge in [0.05, 0.1) is 0 Å². The van der Waals surface area contributed by atoms with E-state index in [4.69, 9.17) is 0 Å². The van der Waals surface area contributed by atoms with Gasteiger partial charge >= 0.3 is 0 Å². The molecule has 2 aliphatic heterocycles. The number of hydrogen-bond acceptors (Lipinski definition) is 4. The normalized spacial score (nSPS) is 23.1. The van der Waals surface area contributed by atoms with Gasteiger partial charge in [0.15, 0.2) is 5.82 Å². The molecule has 2 aromatic rings.